The second kappa shape index (κ2) is 4.67. The van der Waals surface area contributed by atoms with Gasteiger partial charge >= 0.3 is 0 Å². The summed E-state index contributed by atoms with van der Waals surface area (Å²) in [5.74, 6) is 0. The first-order valence-electron chi connectivity index (χ1n) is 4.88. The Kier molecular flexibility index (Phi) is 3.44. The van der Waals surface area contributed by atoms with Crippen LogP contribution >= 0.6 is 31.9 Å². The van der Waals surface area contributed by atoms with Gasteiger partial charge in [-0.2, -0.15) is 4.80 Å². The van der Waals surface area contributed by atoms with Crippen LogP contribution in [0.25, 0.3) is 0 Å². The molecule has 0 fully saturated rings. The van der Waals surface area contributed by atoms with E-state index in [1.54, 1.807) is 4.80 Å². The molecule has 0 bridgehead atoms. The van der Waals surface area contributed by atoms with Gasteiger partial charge in [-0.25, -0.2) is 0 Å². The standard InChI is InChI=1S/C11H11Br2N3/c1-7-3-8(2)5-9(4-7)6-16-14-10(12)11(13)15-16/h3-5H,6H2,1-2H3. The molecule has 0 unspecified atom stereocenters. The molecule has 0 aliphatic heterocycles. The topological polar surface area (TPSA) is 30.7 Å². The lowest BCUT2D eigenvalue weighted by atomic mass is 10.1. The van der Waals surface area contributed by atoms with Crippen molar-refractivity contribution in [3.63, 3.8) is 0 Å². The van der Waals surface area contributed by atoms with Crippen molar-refractivity contribution in [2.45, 2.75) is 20.4 Å². The Morgan fingerprint density at radius 2 is 1.50 bits per heavy atom. The number of nitrogens with zero attached hydrogens (tertiary/aromatic N) is 3. The second-order valence-electron chi connectivity index (χ2n) is 3.81. The SMILES string of the molecule is Cc1cc(C)cc(Cn2nc(Br)c(Br)n2)c1. The molecule has 0 saturated carbocycles. The lowest BCUT2D eigenvalue weighted by Gasteiger charge is -2.03. The number of aromatic nitrogens is 3. The molecular weight excluding hydrogens is 334 g/mol. The number of hydrogen-bond donors (Lipinski definition) is 0. The minimum absolute atomic E-state index is 0.687. The predicted octanol–water partition coefficient (Wildman–Crippen LogP) is 3.47. The van der Waals surface area contributed by atoms with Gasteiger partial charge in [0.15, 0.2) is 9.21 Å². The van der Waals surface area contributed by atoms with Crippen molar-refractivity contribution in [1.82, 2.24) is 15.0 Å². The van der Waals surface area contributed by atoms with Crippen LogP contribution in [0, 0.1) is 13.8 Å². The Labute approximate surface area is 111 Å². The van der Waals surface area contributed by atoms with Gasteiger partial charge in [0, 0.05) is 0 Å². The molecule has 2 aromatic rings. The lowest BCUT2D eigenvalue weighted by molar-refractivity contribution is 0.586. The smallest absolute Gasteiger partial charge is 0.162 e. The Morgan fingerprint density at radius 1 is 1.00 bits per heavy atom. The zero-order valence-electron chi connectivity index (χ0n) is 9.04. The molecule has 1 aromatic carbocycles. The third-order valence-corrected chi connectivity index (χ3v) is 3.78. The first-order chi connectivity index (χ1) is 7.54. The van der Waals surface area contributed by atoms with Gasteiger partial charge in [0.25, 0.3) is 0 Å². The molecule has 0 aliphatic carbocycles. The number of rotatable bonds is 2. The summed E-state index contributed by atoms with van der Waals surface area (Å²) in [6.45, 7) is 4.88. The second-order valence-corrected chi connectivity index (χ2v) is 5.31. The molecule has 1 aromatic heterocycles. The van der Waals surface area contributed by atoms with E-state index in [4.69, 9.17) is 0 Å². The predicted molar refractivity (Wildman–Crippen MR) is 70.4 cm³/mol. The van der Waals surface area contributed by atoms with E-state index in [9.17, 15) is 0 Å². The molecule has 5 heteroatoms. The molecular formula is C11H11Br2N3. The maximum Gasteiger partial charge on any atom is 0.162 e. The highest BCUT2D eigenvalue weighted by molar-refractivity contribution is 9.13. The lowest BCUT2D eigenvalue weighted by Crippen LogP contribution is -2.04. The van der Waals surface area contributed by atoms with Crippen LogP contribution in [-0.2, 0) is 6.54 Å². The summed E-state index contributed by atoms with van der Waals surface area (Å²) < 4.78 is 1.47. The molecule has 0 radical (unpaired) electrons. The monoisotopic (exact) mass is 343 g/mol. The first kappa shape index (κ1) is 11.8. The van der Waals surface area contributed by atoms with Gasteiger partial charge in [0.1, 0.15) is 0 Å². The summed E-state index contributed by atoms with van der Waals surface area (Å²) in [5.41, 5.74) is 3.74. The van der Waals surface area contributed by atoms with Gasteiger partial charge in [-0.15, -0.1) is 10.2 Å². The van der Waals surface area contributed by atoms with Gasteiger partial charge in [-0.05, 0) is 51.3 Å². The fourth-order valence-electron chi connectivity index (χ4n) is 1.70. The van der Waals surface area contributed by atoms with Crippen LogP contribution in [0.3, 0.4) is 0 Å². The zero-order chi connectivity index (χ0) is 11.7. The van der Waals surface area contributed by atoms with Crippen LogP contribution < -0.4 is 0 Å². The normalized spacial score (nSPS) is 10.8. The zero-order valence-corrected chi connectivity index (χ0v) is 12.2. The van der Waals surface area contributed by atoms with Crippen LogP contribution in [0.4, 0.5) is 0 Å². The molecule has 0 atom stereocenters. The van der Waals surface area contributed by atoms with Gasteiger partial charge < -0.3 is 0 Å². The maximum absolute atomic E-state index is 4.24. The van der Waals surface area contributed by atoms with Crippen molar-refractivity contribution in [2.75, 3.05) is 0 Å². The van der Waals surface area contributed by atoms with E-state index in [-0.39, 0.29) is 0 Å². The van der Waals surface area contributed by atoms with Crippen molar-refractivity contribution in [3.05, 3.63) is 44.1 Å². The quantitative estimate of drug-likeness (QED) is 0.835. The van der Waals surface area contributed by atoms with Gasteiger partial charge in [-0.1, -0.05) is 29.3 Å². The minimum atomic E-state index is 0.687. The fourth-order valence-corrected chi connectivity index (χ4v) is 2.23. The molecule has 0 saturated heterocycles. The largest absolute Gasteiger partial charge is 0.178 e. The fraction of sp³-hybridized carbons (Fsp3) is 0.273. The molecule has 16 heavy (non-hydrogen) atoms. The Bertz CT molecular complexity index is 480. The minimum Gasteiger partial charge on any atom is -0.178 e. The van der Waals surface area contributed by atoms with Crippen molar-refractivity contribution in [2.24, 2.45) is 0 Å². The average Bonchev–Trinajstić information content (AvgIpc) is 2.43. The van der Waals surface area contributed by atoms with Crippen LogP contribution in [0.1, 0.15) is 16.7 Å². The van der Waals surface area contributed by atoms with Crippen molar-refractivity contribution in [3.8, 4) is 0 Å². The first-order valence-corrected chi connectivity index (χ1v) is 6.46. The van der Waals surface area contributed by atoms with Crippen LogP contribution in [0.2, 0.25) is 0 Å². The molecule has 0 N–H and O–H groups in total. The third-order valence-electron chi connectivity index (χ3n) is 2.18. The molecule has 84 valence electrons. The van der Waals surface area contributed by atoms with Crippen LogP contribution in [0.5, 0.6) is 0 Å². The highest BCUT2D eigenvalue weighted by Crippen LogP contribution is 2.18. The third kappa shape index (κ3) is 2.71. The summed E-state index contributed by atoms with van der Waals surface area (Å²) in [7, 11) is 0. The molecule has 1 heterocycles. The van der Waals surface area contributed by atoms with Crippen molar-refractivity contribution in [1.29, 1.82) is 0 Å². The Hall–Kier alpha value is -0.680. The molecule has 0 amide bonds. The summed E-state index contributed by atoms with van der Waals surface area (Å²) in [5, 5.41) is 8.48. The number of aryl methyl sites for hydroxylation is 2. The van der Waals surface area contributed by atoms with E-state index in [0.717, 1.165) is 9.21 Å². The Morgan fingerprint density at radius 3 is 2.00 bits per heavy atom. The summed E-state index contributed by atoms with van der Waals surface area (Å²) in [6, 6.07) is 6.46. The number of benzene rings is 1. The number of halogens is 2. The molecule has 3 nitrogen and oxygen atoms in total. The average molecular weight is 345 g/mol. The molecule has 0 aliphatic rings. The van der Waals surface area contributed by atoms with Gasteiger partial charge in [-0.3, -0.25) is 0 Å². The Balaban J connectivity index is 2.26. The van der Waals surface area contributed by atoms with E-state index in [1.165, 1.54) is 16.7 Å². The van der Waals surface area contributed by atoms with E-state index in [2.05, 4.69) is 74.1 Å². The van der Waals surface area contributed by atoms with Crippen LogP contribution in [0.15, 0.2) is 27.4 Å². The molecule has 0 spiro atoms. The highest BCUT2D eigenvalue weighted by Gasteiger charge is 2.05. The summed E-state index contributed by atoms with van der Waals surface area (Å²) in [4.78, 5) is 1.67. The van der Waals surface area contributed by atoms with Crippen molar-refractivity contribution < 1.29 is 0 Å². The number of hydrogen-bond acceptors (Lipinski definition) is 2. The van der Waals surface area contributed by atoms with E-state index in [0.29, 0.717) is 6.54 Å². The van der Waals surface area contributed by atoms with Gasteiger partial charge in [0.2, 0.25) is 0 Å². The highest BCUT2D eigenvalue weighted by atomic mass is 79.9. The maximum atomic E-state index is 4.24. The van der Waals surface area contributed by atoms with E-state index in [1.807, 2.05) is 0 Å². The van der Waals surface area contributed by atoms with Gasteiger partial charge in [0.05, 0.1) is 6.54 Å². The van der Waals surface area contributed by atoms with E-state index < -0.39 is 0 Å². The van der Waals surface area contributed by atoms with Crippen molar-refractivity contribution >= 4 is 31.9 Å². The summed E-state index contributed by atoms with van der Waals surface area (Å²) in [6.07, 6.45) is 0. The van der Waals surface area contributed by atoms with E-state index >= 15 is 0 Å². The molecule has 2 rings (SSSR count). The van der Waals surface area contributed by atoms with Crippen LogP contribution in [-0.4, -0.2) is 15.0 Å². The summed E-state index contributed by atoms with van der Waals surface area (Å²) >= 11 is 6.63.